The van der Waals surface area contributed by atoms with Gasteiger partial charge in [-0.25, -0.2) is 4.98 Å². The van der Waals surface area contributed by atoms with E-state index in [2.05, 4.69) is 61.1 Å². The lowest BCUT2D eigenvalue weighted by atomic mass is 9.92. The van der Waals surface area contributed by atoms with Crippen LogP contribution < -0.4 is 4.90 Å². The van der Waals surface area contributed by atoms with Gasteiger partial charge in [0.05, 0.1) is 6.20 Å². The van der Waals surface area contributed by atoms with E-state index in [1.807, 2.05) is 16.8 Å². The van der Waals surface area contributed by atoms with Crippen LogP contribution in [-0.4, -0.2) is 27.7 Å². The standard InChI is InChI=1S/C20H24N4/c1-14-9-15(2)13-23(12-14)19-10-16(3)22-20-18(11-21-24(19)20)17-7-5-4-6-8-17/h4-8,10-11,14-15H,9,12-13H2,1-3H3/t14-,15-/m1/s1. The number of hydrogen-bond donors (Lipinski definition) is 0. The molecule has 0 amide bonds. The molecule has 4 rings (SSSR count). The molecule has 4 heteroatoms. The number of rotatable bonds is 2. The van der Waals surface area contributed by atoms with Gasteiger partial charge >= 0.3 is 0 Å². The first kappa shape index (κ1) is 15.2. The molecule has 0 spiro atoms. The summed E-state index contributed by atoms with van der Waals surface area (Å²) in [5, 5.41) is 4.67. The van der Waals surface area contributed by atoms with Crippen molar-refractivity contribution in [2.75, 3.05) is 18.0 Å². The number of fused-ring (bicyclic) bond motifs is 1. The van der Waals surface area contributed by atoms with E-state index in [1.165, 1.54) is 6.42 Å². The van der Waals surface area contributed by atoms with E-state index in [1.54, 1.807) is 0 Å². The van der Waals surface area contributed by atoms with Crippen LogP contribution in [0.5, 0.6) is 0 Å². The van der Waals surface area contributed by atoms with Crippen LogP contribution in [0.1, 0.15) is 26.0 Å². The fraction of sp³-hybridized carbons (Fsp3) is 0.400. The van der Waals surface area contributed by atoms with E-state index in [0.717, 1.165) is 41.4 Å². The zero-order chi connectivity index (χ0) is 16.7. The molecule has 0 saturated carbocycles. The molecule has 1 saturated heterocycles. The molecule has 0 bridgehead atoms. The molecule has 1 aliphatic rings. The largest absolute Gasteiger partial charge is 0.356 e. The molecule has 3 heterocycles. The fourth-order valence-corrected chi connectivity index (χ4v) is 3.96. The first-order chi connectivity index (χ1) is 11.6. The lowest BCUT2D eigenvalue weighted by Gasteiger charge is -2.36. The van der Waals surface area contributed by atoms with Crippen molar-refractivity contribution in [1.82, 2.24) is 14.6 Å². The molecule has 3 aromatic rings. The van der Waals surface area contributed by atoms with Crippen LogP contribution in [0.15, 0.2) is 42.6 Å². The molecule has 2 aromatic heterocycles. The van der Waals surface area contributed by atoms with Gasteiger partial charge in [0.2, 0.25) is 0 Å². The van der Waals surface area contributed by atoms with Gasteiger partial charge in [-0.1, -0.05) is 44.2 Å². The Bertz CT molecular complexity index is 843. The van der Waals surface area contributed by atoms with Crippen LogP contribution in [-0.2, 0) is 0 Å². The number of benzene rings is 1. The van der Waals surface area contributed by atoms with Gasteiger partial charge < -0.3 is 4.90 Å². The molecule has 4 nitrogen and oxygen atoms in total. The van der Waals surface area contributed by atoms with Gasteiger partial charge in [0.25, 0.3) is 0 Å². The third-order valence-electron chi connectivity index (χ3n) is 4.86. The topological polar surface area (TPSA) is 33.4 Å². The summed E-state index contributed by atoms with van der Waals surface area (Å²) in [7, 11) is 0. The maximum atomic E-state index is 4.78. The second kappa shape index (κ2) is 5.93. The number of aromatic nitrogens is 3. The first-order valence-electron chi connectivity index (χ1n) is 8.77. The summed E-state index contributed by atoms with van der Waals surface area (Å²) in [5.74, 6) is 2.58. The molecule has 1 aromatic carbocycles. The number of aryl methyl sites for hydroxylation is 1. The fourth-order valence-electron chi connectivity index (χ4n) is 3.96. The minimum Gasteiger partial charge on any atom is -0.356 e. The Morgan fingerprint density at radius 3 is 2.46 bits per heavy atom. The molecule has 2 atom stereocenters. The molecule has 0 N–H and O–H groups in total. The van der Waals surface area contributed by atoms with E-state index in [9.17, 15) is 0 Å². The second-order valence-corrected chi connectivity index (χ2v) is 7.27. The summed E-state index contributed by atoms with van der Waals surface area (Å²) in [6, 6.07) is 12.6. The predicted octanol–water partition coefficient (Wildman–Crippen LogP) is 4.19. The lowest BCUT2D eigenvalue weighted by molar-refractivity contribution is 0.354. The highest BCUT2D eigenvalue weighted by Gasteiger charge is 2.24. The van der Waals surface area contributed by atoms with Gasteiger partial charge in [-0.3, -0.25) is 0 Å². The average molecular weight is 320 g/mol. The van der Waals surface area contributed by atoms with Gasteiger partial charge in [-0.05, 0) is 30.7 Å². The third-order valence-corrected chi connectivity index (χ3v) is 4.86. The van der Waals surface area contributed by atoms with Crippen molar-refractivity contribution in [3.05, 3.63) is 48.3 Å². The smallest absolute Gasteiger partial charge is 0.165 e. The molecular weight excluding hydrogens is 296 g/mol. The third kappa shape index (κ3) is 2.66. The van der Waals surface area contributed by atoms with Crippen molar-refractivity contribution < 1.29 is 0 Å². The molecule has 0 unspecified atom stereocenters. The monoisotopic (exact) mass is 320 g/mol. The van der Waals surface area contributed by atoms with Crippen LogP contribution in [0.3, 0.4) is 0 Å². The molecule has 24 heavy (non-hydrogen) atoms. The summed E-state index contributed by atoms with van der Waals surface area (Å²) in [4.78, 5) is 7.25. The van der Waals surface area contributed by atoms with Crippen molar-refractivity contribution >= 4 is 11.5 Å². The van der Waals surface area contributed by atoms with Crippen LogP contribution in [0, 0.1) is 18.8 Å². The predicted molar refractivity (Wildman–Crippen MR) is 98.3 cm³/mol. The summed E-state index contributed by atoms with van der Waals surface area (Å²) in [5.41, 5.74) is 4.25. The van der Waals surface area contributed by atoms with E-state index in [-0.39, 0.29) is 0 Å². The Labute approximate surface area is 143 Å². The van der Waals surface area contributed by atoms with Crippen molar-refractivity contribution in [2.45, 2.75) is 27.2 Å². The average Bonchev–Trinajstić information content (AvgIpc) is 2.97. The van der Waals surface area contributed by atoms with Gasteiger partial charge in [0.15, 0.2) is 5.65 Å². The minimum absolute atomic E-state index is 0.710. The van der Waals surface area contributed by atoms with E-state index in [0.29, 0.717) is 11.8 Å². The van der Waals surface area contributed by atoms with Crippen LogP contribution in [0.4, 0.5) is 5.82 Å². The van der Waals surface area contributed by atoms with Gasteiger partial charge in [0, 0.05) is 30.4 Å². The quantitative estimate of drug-likeness (QED) is 0.710. The van der Waals surface area contributed by atoms with E-state index in [4.69, 9.17) is 4.98 Å². The highest BCUT2D eigenvalue weighted by Crippen LogP contribution is 2.30. The molecule has 0 aliphatic carbocycles. The Morgan fingerprint density at radius 1 is 1.04 bits per heavy atom. The van der Waals surface area contributed by atoms with Crippen LogP contribution in [0.25, 0.3) is 16.8 Å². The van der Waals surface area contributed by atoms with Crippen LogP contribution in [0.2, 0.25) is 0 Å². The number of anilines is 1. The molecule has 1 aliphatic heterocycles. The maximum Gasteiger partial charge on any atom is 0.165 e. The Balaban J connectivity index is 1.84. The lowest BCUT2D eigenvalue weighted by Crippen LogP contribution is -2.39. The van der Waals surface area contributed by atoms with Crippen molar-refractivity contribution in [2.24, 2.45) is 11.8 Å². The van der Waals surface area contributed by atoms with Crippen molar-refractivity contribution in [3.8, 4) is 11.1 Å². The molecule has 124 valence electrons. The SMILES string of the molecule is Cc1cc(N2C[C@H](C)C[C@@H](C)C2)n2ncc(-c3ccccc3)c2n1. The summed E-state index contributed by atoms with van der Waals surface area (Å²) in [6.07, 6.45) is 3.25. The van der Waals surface area contributed by atoms with Gasteiger partial charge in [-0.2, -0.15) is 9.61 Å². The number of nitrogens with zero attached hydrogens (tertiary/aromatic N) is 4. The maximum absolute atomic E-state index is 4.78. The number of piperidine rings is 1. The summed E-state index contributed by atoms with van der Waals surface area (Å²) >= 11 is 0. The van der Waals surface area contributed by atoms with Gasteiger partial charge in [-0.15, -0.1) is 0 Å². The normalized spacial score (nSPS) is 21.4. The van der Waals surface area contributed by atoms with Crippen molar-refractivity contribution in [1.29, 1.82) is 0 Å². The summed E-state index contributed by atoms with van der Waals surface area (Å²) < 4.78 is 2.01. The molecule has 0 radical (unpaired) electrons. The first-order valence-corrected chi connectivity index (χ1v) is 8.77. The number of hydrogen-bond acceptors (Lipinski definition) is 3. The van der Waals surface area contributed by atoms with Gasteiger partial charge in [0.1, 0.15) is 5.82 Å². The highest BCUT2D eigenvalue weighted by molar-refractivity contribution is 5.78. The van der Waals surface area contributed by atoms with Crippen molar-refractivity contribution in [3.63, 3.8) is 0 Å². The second-order valence-electron chi connectivity index (χ2n) is 7.27. The highest BCUT2D eigenvalue weighted by atomic mass is 15.3. The molecule has 1 fully saturated rings. The van der Waals surface area contributed by atoms with Crippen LogP contribution >= 0.6 is 0 Å². The molecular formula is C20H24N4. The Hall–Kier alpha value is -2.36. The zero-order valence-corrected chi connectivity index (χ0v) is 14.6. The van der Waals surface area contributed by atoms with E-state index >= 15 is 0 Å². The van der Waals surface area contributed by atoms with E-state index < -0.39 is 0 Å². The Morgan fingerprint density at radius 2 is 1.75 bits per heavy atom. The zero-order valence-electron chi connectivity index (χ0n) is 14.6. The minimum atomic E-state index is 0.710. The Kier molecular flexibility index (Phi) is 3.75. The summed E-state index contributed by atoms with van der Waals surface area (Å²) in [6.45, 7) is 8.92.